The summed E-state index contributed by atoms with van der Waals surface area (Å²) >= 11 is 1.87. The fourth-order valence-corrected chi connectivity index (χ4v) is 11.1. The first-order chi connectivity index (χ1) is 28.5. The number of thiophene rings is 1. The van der Waals surface area contributed by atoms with E-state index in [-0.39, 0.29) is 5.41 Å². The van der Waals surface area contributed by atoms with Crippen molar-refractivity contribution in [3.8, 4) is 33.4 Å². The van der Waals surface area contributed by atoms with Crippen LogP contribution in [0.3, 0.4) is 0 Å². The van der Waals surface area contributed by atoms with Crippen LogP contribution in [0.2, 0.25) is 0 Å². The van der Waals surface area contributed by atoms with E-state index < -0.39 is 0 Å². The van der Waals surface area contributed by atoms with E-state index in [1.54, 1.807) is 0 Å². The Hall–Kier alpha value is -6.94. The summed E-state index contributed by atoms with van der Waals surface area (Å²) in [5, 5.41) is 7.13. The summed E-state index contributed by atoms with van der Waals surface area (Å²) in [6.45, 7) is 4.73. The van der Waals surface area contributed by atoms with Crippen molar-refractivity contribution in [2.75, 3.05) is 4.90 Å². The van der Waals surface area contributed by atoms with Gasteiger partial charge in [0.25, 0.3) is 0 Å². The van der Waals surface area contributed by atoms with Gasteiger partial charge >= 0.3 is 0 Å². The van der Waals surface area contributed by atoms with Gasteiger partial charge in [0.15, 0.2) is 0 Å². The lowest BCUT2D eigenvalue weighted by Gasteiger charge is -2.29. The summed E-state index contributed by atoms with van der Waals surface area (Å²) in [4.78, 5) is 2.47. The molecule has 0 N–H and O–H groups in total. The molecular weight excluding hydrogens is 723 g/mol. The molecule has 9 aromatic carbocycles. The average molecular weight is 760 g/mol. The first-order valence-corrected chi connectivity index (χ1v) is 20.8. The number of hydrogen-bond acceptors (Lipinski definition) is 3. The molecule has 2 heterocycles. The maximum Gasteiger partial charge on any atom is 0.143 e. The largest absolute Gasteiger partial charge is 0.455 e. The maximum absolute atomic E-state index is 6.70. The van der Waals surface area contributed by atoms with Gasteiger partial charge in [-0.05, 0) is 86.8 Å². The molecule has 3 heteroatoms. The molecular formula is C55H37NOS. The number of rotatable bonds is 5. The molecule has 274 valence electrons. The van der Waals surface area contributed by atoms with Crippen LogP contribution in [0.5, 0.6) is 0 Å². The molecule has 0 atom stereocenters. The molecule has 2 nitrogen and oxygen atoms in total. The zero-order valence-corrected chi connectivity index (χ0v) is 33.0. The fraction of sp³-hybridized carbons (Fsp3) is 0.0545. The Labute approximate surface area is 340 Å². The Morgan fingerprint density at radius 3 is 2.02 bits per heavy atom. The molecule has 0 fully saturated rings. The highest BCUT2D eigenvalue weighted by Gasteiger charge is 2.37. The standard InChI is InChI=1S/C55H37NOS/c1-55(2)46-23-8-5-16-39(46)43-21-11-19-37(52(43)55)35-28-31-36(32-29-35)56(48-25-12-22-44-41-18-7-10-27-50(41)58-54(44)48)47-24-9-6-17-40(47)42-20-13-26-49-51(42)45-33-30-34-14-3-4-15-38(34)53(45)57-49/h3-33H,1-2H3. The predicted molar refractivity (Wildman–Crippen MR) is 247 cm³/mol. The molecule has 0 bridgehead atoms. The maximum atomic E-state index is 6.70. The molecule has 0 saturated carbocycles. The summed E-state index contributed by atoms with van der Waals surface area (Å²) < 4.78 is 9.25. The second-order valence-electron chi connectivity index (χ2n) is 16.0. The SMILES string of the molecule is CC1(C)c2ccccc2-c2cccc(-c3ccc(N(c4ccccc4-c4cccc5oc6c7ccccc7ccc6c45)c4cccc5c4sc4ccccc45)cc3)c21. The second kappa shape index (κ2) is 12.5. The van der Waals surface area contributed by atoms with Crippen LogP contribution in [0.4, 0.5) is 17.1 Å². The summed E-state index contributed by atoms with van der Waals surface area (Å²) in [6, 6.07) is 68.8. The van der Waals surface area contributed by atoms with Crippen LogP contribution in [0.15, 0.2) is 192 Å². The number of para-hydroxylation sites is 1. The lowest BCUT2D eigenvalue weighted by atomic mass is 9.79. The zero-order valence-electron chi connectivity index (χ0n) is 32.2. The number of anilines is 3. The van der Waals surface area contributed by atoms with E-state index >= 15 is 0 Å². The van der Waals surface area contributed by atoms with Gasteiger partial charge in [-0.2, -0.15) is 0 Å². The van der Waals surface area contributed by atoms with E-state index in [9.17, 15) is 0 Å². The van der Waals surface area contributed by atoms with Crippen molar-refractivity contribution in [3.05, 3.63) is 199 Å². The molecule has 0 unspecified atom stereocenters. The van der Waals surface area contributed by atoms with Gasteiger partial charge in [0.2, 0.25) is 0 Å². The van der Waals surface area contributed by atoms with Crippen molar-refractivity contribution < 1.29 is 4.42 Å². The van der Waals surface area contributed by atoms with E-state index in [2.05, 4.69) is 207 Å². The van der Waals surface area contributed by atoms with E-state index in [0.717, 1.165) is 55.5 Å². The van der Waals surface area contributed by atoms with Crippen LogP contribution in [0, 0.1) is 0 Å². The summed E-state index contributed by atoms with van der Waals surface area (Å²) in [5.41, 5.74) is 15.4. The number of hydrogen-bond donors (Lipinski definition) is 0. The molecule has 1 aliphatic carbocycles. The molecule has 0 aliphatic heterocycles. The van der Waals surface area contributed by atoms with E-state index in [1.807, 2.05) is 11.3 Å². The Balaban J connectivity index is 1.08. The number of fused-ring (bicyclic) bond motifs is 11. The highest BCUT2D eigenvalue weighted by Crippen LogP contribution is 2.53. The van der Waals surface area contributed by atoms with Crippen molar-refractivity contribution in [3.63, 3.8) is 0 Å². The van der Waals surface area contributed by atoms with Crippen molar-refractivity contribution in [2.24, 2.45) is 0 Å². The molecule has 58 heavy (non-hydrogen) atoms. The van der Waals surface area contributed by atoms with Crippen molar-refractivity contribution in [2.45, 2.75) is 19.3 Å². The van der Waals surface area contributed by atoms with Gasteiger partial charge in [0.05, 0.1) is 16.1 Å². The van der Waals surface area contributed by atoms with Crippen LogP contribution in [-0.2, 0) is 5.41 Å². The van der Waals surface area contributed by atoms with Crippen LogP contribution in [0.25, 0.3) is 86.3 Å². The zero-order chi connectivity index (χ0) is 38.5. The van der Waals surface area contributed by atoms with E-state index in [4.69, 9.17) is 4.42 Å². The molecule has 0 radical (unpaired) electrons. The molecule has 11 aromatic rings. The highest BCUT2D eigenvalue weighted by atomic mass is 32.1. The van der Waals surface area contributed by atoms with Gasteiger partial charge in [-0.1, -0.05) is 159 Å². The predicted octanol–water partition coefficient (Wildman–Crippen LogP) is 16.2. The van der Waals surface area contributed by atoms with Gasteiger partial charge in [0.1, 0.15) is 11.2 Å². The average Bonchev–Trinajstić information content (AvgIpc) is 3.93. The first kappa shape index (κ1) is 33.2. The molecule has 0 amide bonds. The van der Waals surface area contributed by atoms with Crippen LogP contribution in [0.1, 0.15) is 25.0 Å². The topological polar surface area (TPSA) is 16.4 Å². The summed E-state index contributed by atoms with van der Waals surface area (Å²) in [6.07, 6.45) is 0. The Morgan fingerprint density at radius 1 is 0.466 bits per heavy atom. The molecule has 12 rings (SSSR count). The van der Waals surface area contributed by atoms with E-state index in [1.165, 1.54) is 58.9 Å². The van der Waals surface area contributed by atoms with Crippen LogP contribution >= 0.6 is 11.3 Å². The minimum atomic E-state index is -0.104. The van der Waals surface area contributed by atoms with Crippen molar-refractivity contribution >= 4 is 81.3 Å². The lowest BCUT2D eigenvalue weighted by molar-refractivity contribution is 0.662. The van der Waals surface area contributed by atoms with Crippen LogP contribution < -0.4 is 4.90 Å². The summed E-state index contributed by atoms with van der Waals surface area (Å²) in [5.74, 6) is 0. The Kier molecular flexibility index (Phi) is 7.18. The summed E-state index contributed by atoms with van der Waals surface area (Å²) in [7, 11) is 0. The molecule has 0 saturated heterocycles. The lowest BCUT2D eigenvalue weighted by Crippen LogP contribution is -2.16. The van der Waals surface area contributed by atoms with Gasteiger partial charge < -0.3 is 9.32 Å². The second-order valence-corrected chi connectivity index (χ2v) is 17.0. The van der Waals surface area contributed by atoms with Gasteiger partial charge in [-0.15, -0.1) is 11.3 Å². The molecule has 2 aromatic heterocycles. The number of benzene rings is 9. The third-order valence-electron chi connectivity index (χ3n) is 12.5. The fourth-order valence-electron chi connectivity index (χ4n) is 9.87. The third kappa shape index (κ3) is 4.77. The number of nitrogens with zero attached hydrogens (tertiary/aromatic N) is 1. The Morgan fingerprint density at radius 2 is 1.12 bits per heavy atom. The first-order valence-electron chi connectivity index (χ1n) is 20.0. The minimum absolute atomic E-state index is 0.104. The smallest absolute Gasteiger partial charge is 0.143 e. The normalized spacial score (nSPS) is 13.1. The third-order valence-corrected chi connectivity index (χ3v) is 13.7. The van der Waals surface area contributed by atoms with Crippen molar-refractivity contribution in [1.29, 1.82) is 0 Å². The minimum Gasteiger partial charge on any atom is -0.455 e. The monoisotopic (exact) mass is 759 g/mol. The van der Waals surface area contributed by atoms with Gasteiger partial charge in [0, 0.05) is 48.3 Å². The number of furan rings is 1. The quantitative estimate of drug-likeness (QED) is 0.174. The molecule has 1 aliphatic rings. The highest BCUT2D eigenvalue weighted by molar-refractivity contribution is 7.26. The Bertz CT molecular complexity index is 3440. The van der Waals surface area contributed by atoms with Crippen molar-refractivity contribution in [1.82, 2.24) is 0 Å². The molecule has 0 spiro atoms. The van der Waals surface area contributed by atoms with Gasteiger partial charge in [-0.3, -0.25) is 0 Å². The van der Waals surface area contributed by atoms with Gasteiger partial charge in [-0.25, -0.2) is 0 Å². The van der Waals surface area contributed by atoms with Crippen LogP contribution in [-0.4, -0.2) is 0 Å². The van der Waals surface area contributed by atoms with E-state index in [0.29, 0.717) is 0 Å².